The standard InChI is InChI=1S/C14H18F2N2O2/c1-9(18-12(19)14(8-17)6-7-14)10-4-2-3-5-11(10)20-13(15)16/h2-5,9,13H,6-8,17H2,1H3,(H,18,19). The van der Waals surface area contributed by atoms with E-state index < -0.39 is 18.1 Å². The Kier molecular flexibility index (Phi) is 4.23. The molecule has 0 saturated heterocycles. The van der Waals surface area contributed by atoms with Gasteiger partial charge >= 0.3 is 6.61 Å². The van der Waals surface area contributed by atoms with Gasteiger partial charge in [0.25, 0.3) is 0 Å². The van der Waals surface area contributed by atoms with Crippen LogP contribution in [0.3, 0.4) is 0 Å². The van der Waals surface area contributed by atoms with Gasteiger partial charge in [-0.25, -0.2) is 0 Å². The number of amides is 1. The fraction of sp³-hybridized carbons (Fsp3) is 0.500. The second-order valence-corrected chi connectivity index (χ2v) is 5.10. The summed E-state index contributed by atoms with van der Waals surface area (Å²) in [6.07, 6.45) is 1.55. The lowest BCUT2D eigenvalue weighted by molar-refractivity contribution is -0.126. The highest BCUT2D eigenvalue weighted by Gasteiger charge is 2.48. The van der Waals surface area contributed by atoms with Crippen LogP contribution in [0.25, 0.3) is 0 Å². The van der Waals surface area contributed by atoms with Crippen molar-refractivity contribution in [2.45, 2.75) is 32.4 Å². The molecule has 1 aromatic carbocycles. The van der Waals surface area contributed by atoms with E-state index in [0.717, 1.165) is 12.8 Å². The van der Waals surface area contributed by atoms with E-state index in [4.69, 9.17) is 5.73 Å². The molecule has 1 saturated carbocycles. The molecule has 1 fully saturated rings. The summed E-state index contributed by atoms with van der Waals surface area (Å²) in [7, 11) is 0. The first-order valence-corrected chi connectivity index (χ1v) is 6.53. The number of alkyl halides is 2. The smallest absolute Gasteiger partial charge is 0.387 e. The Balaban J connectivity index is 2.09. The molecule has 1 aromatic rings. The third-order valence-electron chi connectivity index (χ3n) is 3.68. The van der Waals surface area contributed by atoms with Crippen LogP contribution in [0.4, 0.5) is 8.78 Å². The molecule has 20 heavy (non-hydrogen) atoms. The Morgan fingerprint density at radius 1 is 1.45 bits per heavy atom. The number of ether oxygens (including phenoxy) is 1. The number of para-hydroxylation sites is 1. The second-order valence-electron chi connectivity index (χ2n) is 5.10. The van der Waals surface area contributed by atoms with Crippen LogP contribution in [0.5, 0.6) is 5.75 Å². The maximum Gasteiger partial charge on any atom is 0.387 e. The Labute approximate surface area is 116 Å². The van der Waals surface area contributed by atoms with Crippen LogP contribution in [0, 0.1) is 5.41 Å². The molecule has 6 heteroatoms. The summed E-state index contributed by atoms with van der Waals surface area (Å²) in [5, 5.41) is 2.82. The Hall–Kier alpha value is -1.69. The first kappa shape index (κ1) is 14.7. The third kappa shape index (κ3) is 3.07. The summed E-state index contributed by atoms with van der Waals surface area (Å²) < 4.78 is 29.2. The number of carbonyl (C=O) groups excluding carboxylic acids is 1. The van der Waals surface area contributed by atoms with Crippen LogP contribution in [0.15, 0.2) is 24.3 Å². The first-order chi connectivity index (χ1) is 9.48. The van der Waals surface area contributed by atoms with E-state index in [-0.39, 0.29) is 11.7 Å². The maximum absolute atomic E-state index is 12.4. The lowest BCUT2D eigenvalue weighted by atomic mass is 10.0. The number of carbonyl (C=O) groups is 1. The van der Waals surface area contributed by atoms with E-state index in [1.807, 2.05) is 0 Å². The summed E-state index contributed by atoms with van der Waals surface area (Å²) in [5.74, 6) is -0.0488. The third-order valence-corrected chi connectivity index (χ3v) is 3.68. The minimum atomic E-state index is -2.89. The number of rotatable bonds is 6. The van der Waals surface area contributed by atoms with E-state index in [0.29, 0.717) is 12.1 Å². The van der Waals surface area contributed by atoms with Crippen molar-refractivity contribution in [1.82, 2.24) is 5.32 Å². The normalized spacial score (nSPS) is 17.6. The summed E-state index contributed by atoms with van der Waals surface area (Å²) in [6, 6.07) is 6.02. The van der Waals surface area contributed by atoms with Crippen LogP contribution in [0.1, 0.15) is 31.4 Å². The molecule has 1 unspecified atom stereocenters. The molecule has 0 heterocycles. The van der Waals surface area contributed by atoms with Crippen molar-refractivity contribution in [1.29, 1.82) is 0 Å². The number of nitrogens with one attached hydrogen (secondary N) is 1. The van der Waals surface area contributed by atoms with Gasteiger partial charge in [-0.1, -0.05) is 18.2 Å². The van der Waals surface area contributed by atoms with Crippen LogP contribution in [-0.4, -0.2) is 19.1 Å². The number of nitrogens with two attached hydrogens (primary N) is 1. The molecular formula is C14H18F2N2O2. The van der Waals surface area contributed by atoms with Crippen LogP contribution in [-0.2, 0) is 4.79 Å². The Morgan fingerprint density at radius 2 is 2.10 bits per heavy atom. The van der Waals surface area contributed by atoms with Crippen molar-refractivity contribution in [3.63, 3.8) is 0 Å². The van der Waals surface area contributed by atoms with Gasteiger partial charge in [0.1, 0.15) is 5.75 Å². The predicted molar refractivity (Wildman–Crippen MR) is 70.4 cm³/mol. The highest BCUT2D eigenvalue weighted by molar-refractivity contribution is 5.86. The van der Waals surface area contributed by atoms with Gasteiger partial charge in [-0.3, -0.25) is 4.79 Å². The summed E-state index contributed by atoms with van der Waals surface area (Å²) >= 11 is 0. The van der Waals surface area contributed by atoms with E-state index in [9.17, 15) is 13.6 Å². The van der Waals surface area contributed by atoms with Crippen LogP contribution < -0.4 is 15.8 Å². The zero-order chi connectivity index (χ0) is 14.8. The monoisotopic (exact) mass is 284 g/mol. The minimum Gasteiger partial charge on any atom is -0.434 e. The first-order valence-electron chi connectivity index (χ1n) is 6.53. The Bertz CT molecular complexity index is 490. The van der Waals surface area contributed by atoms with E-state index in [1.54, 1.807) is 25.1 Å². The molecule has 1 aliphatic carbocycles. The summed E-state index contributed by atoms with van der Waals surface area (Å²) in [4.78, 5) is 12.1. The zero-order valence-corrected chi connectivity index (χ0v) is 11.2. The van der Waals surface area contributed by atoms with Gasteiger partial charge in [0.15, 0.2) is 0 Å². The quantitative estimate of drug-likeness (QED) is 0.841. The number of hydrogen-bond donors (Lipinski definition) is 2. The van der Waals surface area contributed by atoms with Crippen molar-refractivity contribution in [2.75, 3.05) is 6.54 Å². The summed E-state index contributed by atoms with van der Waals surface area (Å²) in [5.41, 5.74) is 5.65. The minimum absolute atomic E-state index is 0.0768. The number of hydrogen-bond acceptors (Lipinski definition) is 3. The van der Waals surface area contributed by atoms with Gasteiger partial charge in [0.2, 0.25) is 5.91 Å². The molecule has 2 rings (SSSR count). The lowest BCUT2D eigenvalue weighted by Gasteiger charge is -2.21. The molecule has 0 spiro atoms. The number of halogens is 2. The SMILES string of the molecule is CC(NC(=O)C1(CN)CC1)c1ccccc1OC(F)F. The van der Waals surface area contributed by atoms with E-state index in [1.165, 1.54) is 6.07 Å². The summed E-state index contributed by atoms with van der Waals surface area (Å²) in [6.45, 7) is -0.850. The van der Waals surface area contributed by atoms with Crippen LogP contribution >= 0.6 is 0 Å². The molecule has 4 nitrogen and oxygen atoms in total. The highest BCUT2D eigenvalue weighted by Crippen LogP contribution is 2.45. The van der Waals surface area contributed by atoms with Gasteiger partial charge in [0.05, 0.1) is 11.5 Å². The zero-order valence-electron chi connectivity index (χ0n) is 11.2. The van der Waals surface area contributed by atoms with Crippen molar-refractivity contribution in [2.24, 2.45) is 11.1 Å². The lowest BCUT2D eigenvalue weighted by Crippen LogP contribution is -2.38. The molecule has 0 aromatic heterocycles. The average molecular weight is 284 g/mol. The van der Waals surface area contributed by atoms with Crippen LogP contribution in [0.2, 0.25) is 0 Å². The molecule has 110 valence electrons. The van der Waals surface area contributed by atoms with E-state index in [2.05, 4.69) is 10.1 Å². The average Bonchev–Trinajstić information content (AvgIpc) is 3.19. The predicted octanol–water partition coefficient (Wildman–Crippen LogP) is 2.20. The fourth-order valence-electron chi connectivity index (χ4n) is 2.14. The largest absolute Gasteiger partial charge is 0.434 e. The molecule has 0 aliphatic heterocycles. The van der Waals surface area contributed by atoms with Gasteiger partial charge in [-0.2, -0.15) is 8.78 Å². The van der Waals surface area contributed by atoms with Gasteiger partial charge < -0.3 is 15.8 Å². The Morgan fingerprint density at radius 3 is 2.65 bits per heavy atom. The van der Waals surface area contributed by atoms with Crippen molar-refractivity contribution < 1.29 is 18.3 Å². The second kappa shape index (κ2) is 5.75. The molecule has 0 bridgehead atoms. The molecule has 1 aliphatic rings. The van der Waals surface area contributed by atoms with Gasteiger partial charge in [-0.05, 0) is 25.8 Å². The van der Waals surface area contributed by atoms with Crippen molar-refractivity contribution >= 4 is 5.91 Å². The van der Waals surface area contributed by atoms with E-state index >= 15 is 0 Å². The van der Waals surface area contributed by atoms with Gasteiger partial charge in [-0.15, -0.1) is 0 Å². The fourth-order valence-corrected chi connectivity index (χ4v) is 2.14. The maximum atomic E-state index is 12.4. The molecular weight excluding hydrogens is 266 g/mol. The molecule has 1 amide bonds. The number of benzene rings is 1. The molecule has 0 radical (unpaired) electrons. The van der Waals surface area contributed by atoms with Crippen molar-refractivity contribution in [3.05, 3.63) is 29.8 Å². The van der Waals surface area contributed by atoms with Gasteiger partial charge in [0, 0.05) is 12.1 Å². The molecule has 3 N–H and O–H groups in total. The topological polar surface area (TPSA) is 64.4 Å². The molecule has 1 atom stereocenters. The van der Waals surface area contributed by atoms with Crippen molar-refractivity contribution in [3.8, 4) is 5.75 Å². The highest BCUT2D eigenvalue weighted by atomic mass is 19.3.